The molecule has 2 heteroatoms. The predicted octanol–water partition coefficient (Wildman–Crippen LogP) is 1.15. The van der Waals surface area contributed by atoms with E-state index in [4.69, 9.17) is 0 Å². The van der Waals surface area contributed by atoms with Gasteiger partial charge < -0.3 is 10.4 Å². The van der Waals surface area contributed by atoms with E-state index >= 15 is 0 Å². The molecule has 1 aliphatic heterocycles. The zero-order valence-electron chi connectivity index (χ0n) is 7.63. The molecule has 2 nitrogen and oxygen atoms in total. The number of nitrogens with one attached hydrogen (secondary N) is 1. The molecule has 1 aliphatic carbocycles. The molecule has 0 amide bonds. The van der Waals surface area contributed by atoms with Crippen molar-refractivity contribution in [3.05, 3.63) is 0 Å². The Morgan fingerprint density at radius 2 is 2.17 bits per heavy atom. The van der Waals surface area contributed by atoms with Crippen molar-refractivity contribution in [1.82, 2.24) is 5.32 Å². The van der Waals surface area contributed by atoms with Crippen LogP contribution in [0.2, 0.25) is 0 Å². The molecule has 1 heterocycles. The van der Waals surface area contributed by atoms with Crippen molar-refractivity contribution in [2.45, 2.75) is 38.2 Å². The van der Waals surface area contributed by atoms with Gasteiger partial charge in [0.1, 0.15) is 0 Å². The number of hydrogen-bond donors (Lipinski definition) is 2. The van der Waals surface area contributed by atoms with Crippen LogP contribution >= 0.6 is 0 Å². The number of hydrogen-bond acceptors (Lipinski definition) is 2. The molecule has 2 fully saturated rings. The Morgan fingerprint density at radius 3 is 2.75 bits per heavy atom. The molecule has 0 radical (unpaired) electrons. The molecule has 0 spiro atoms. The van der Waals surface area contributed by atoms with Crippen molar-refractivity contribution in [3.8, 4) is 0 Å². The van der Waals surface area contributed by atoms with Crippen LogP contribution in [0.3, 0.4) is 0 Å². The molecule has 0 aromatic carbocycles. The minimum absolute atomic E-state index is 0.0229. The largest absolute Gasteiger partial charge is 0.393 e. The van der Waals surface area contributed by atoms with E-state index in [1.54, 1.807) is 0 Å². The first-order valence-electron chi connectivity index (χ1n) is 5.25. The fourth-order valence-corrected chi connectivity index (χ4v) is 2.09. The second-order valence-electron chi connectivity index (χ2n) is 4.35. The van der Waals surface area contributed by atoms with E-state index in [1.807, 2.05) is 0 Å². The van der Waals surface area contributed by atoms with E-state index in [-0.39, 0.29) is 6.10 Å². The molecule has 1 saturated carbocycles. The molecule has 0 aromatic heterocycles. The van der Waals surface area contributed by atoms with Crippen LogP contribution < -0.4 is 5.32 Å². The van der Waals surface area contributed by atoms with E-state index < -0.39 is 0 Å². The second kappa shape index (κ2) is 3.75. The second-order valence-corrected chi connectivity index (χ2v) is 4.35. The zero-order valence-corrected chi connectivity index (χ0v) is 7.63. The normalized spacial score (nSPS) is 33.2. The van der Waals surface area contributed by atoms with Crippen molar-refractivity contribution in [3.63, 3.8) is 0 Å². The molecular weight excluding hydrogens is 150 g/mol. The lowest BCUT2D eigenvalue weighted by atomic mass is 9.91. The molecule has 2 N–H and O–H groups in total. The maximum atomic E-state index is 9.84. The Bertz CT molecular complexity index is 139. The Hall–Kier alpha value is -0.0800. The minimum Gasteiger partial charge on any atom is -0.393 e. The number of piperidine rings is 1. The van der Waals surface area contributed by atoms with Gasteiger partial charge in [0.15, 0.2) is 0 Å². The average molecular weight is 169 g/mol. The molecule has 2 atom stereocenters. The molecule has 0 bridgehead atoms. The summed E-state index contributed by atoms with van der Waals surface area (Å²) < 4.78 is 0. The standard InChI is InChI=1S/C10H19NO/c12-10(6-8-3-4-8)9-2-1-5-11-7-9/h8-12H,1-7H2/t9-,10-/m1/s1. The summed E-state index contributed by atoms with van der Waals surface area (Å²) in [5.74, 6) is 1.40. The van der Waals surface area contributed by atoms with Gasteiger partial charge in [-0.3, -0.25) is 0 Å². The molecule has 1 saturated heterocycles. The van der Waals surface area contributed by atoms with Crippen molar-refractivity contribution in [2.24, 2.45) is 11.8 Å². The average Bonchev–Trinajstić information content (AvgIpc) is 2.90. The highest BCUT2D eigenvalue weighted by molar-refractivity contribution is 4.82. The van der Waals surface area contributed by atoms with Gasteiger partial charge in [-0.15, -0.1) is 0 Å². The van der Waals surface area contributed by atoms with Gasteiger partial charge in [0.05, 0.1) is 6.10 Å². The number of aliphatic hydroxyl groups is 1. The van der Waals surface area contributed by atoms with Gasteiger partial charge >= 0.3 is 0 Å². The minimum atomic E-state index is -0.0229. The molecule has 70 valence electrons. The summed E-state index contributed by atoms with van der Waals surface area (Å²) >= 11 is 0. The SMILES string of the molecule is O[C@H](CC1CC1)[C@@H]1CCCNC1. The van der Waals surface area contributed by atoms with Crippen LogP contribution in [0.5, 0.6) is 0 Å². The summed E-state index contributed by atoms with van der Waals surface area (Å²) in [4.78, 5) is 0. The fraction of sp³-hybridized carbons (Fsp3) is 1.00. The zero-order chi connectivity index (χ0) is 8.39. The van der Waals surface area contributed by atoms with Crippen LogP contribution in [0.4, 0.5) is 0 Å². The van der Waals surface area contributed by atoms with Gasteiger partial charge in [0, 0.05) is 6.54 Å². The van der Waals surface area contributed by atoms with Gasteiger partial charge in [-0.05, 0) is 37.6 Å². The molecule has 0 aromatic rings. The monoisotopic (exact) mass is 169 g/mol. The summed E-state index contributed by atoms with van der Waals surface area (Å²) in [6, 6.07) is 0. The van der Waals surface area contributed by atoms with Gasteiger partial charge in [0.25, 0.3) is 0 Å². The number of aliphatic hydroxyl groups excluding tert-OH is 1. The predicted molar refractivity (Wildman–Crippen MR) is 48.9 cm³/mol. The van der Waals surface area contributed by atoms with Crippen LogP contribution in [-0.2, 0) is 0 Å². The Labute approximate surface area is 74.4 Å². The molecule has 0 unspecified atom stereocenters. The maximum Gasteiger partial charge on any atom is 0.0583 e. The fourth-order valence-electron chi connectivity index (χ4n) is 2.09. The van der Waals surface area contributed by atoms with Crippen LogP contribution in [0.1, 0.15) is 32.1 Å². The summed E-state index contributed by atoms with van der Waals surface area (Å²) in [6.45, 7) is 2.18. The molecule has 2 rings (SSSR count). The van der Waals surface area contributed by atoms with Crippen molar-refractivity contribution in [1.29, 1.82) is 0 Å². The Kier molecular flexibility index (Phi) is 2.66. The Balaban J connectivity index is 1.72. The third-order valence-electron chi connectivity index (χ3n) is 3.15. The lowest BCUT2D eigenvalue weighted by Gasteiger charge is -2.27. The first-order chi connectivity index (χ1) is 5.86. The van der Waals surface area contributed by atoms with Crippen molar-refractivity contribution < 1.29 is 5.11 Å². The molecule has 2 aliphatic rings. The van der Waals surface area contributed by atoms with E-state index in [1.165, 1.54) is 25.7 Å². The van der Waals surface area contributed by atoms with Crippen LogP contribution in [0.15, 0.2) is 0 Å². The summed E-state index contributed by atoms with van der Waals surface area (Å²) in [5.41, 5.74) is 0. The maximum absolute atomic E-state index is 9.84. The summed E-state index contributed by atoms with van der Waals surface area (Å²) in [6.07, 6.45) is 6.22. The Morgan fingerprint density at radius 1 is 1.33 bits per heavy atom. The van der Waals surface area contributed by atoms with E-state index in [9.17, 15) is 5.11 Å². The third kappa shape index (κ3) is 2.20. The topological polar surface area (TPSA) is 32.3 Å². The third-order valence-corrected chi connectivity index (χ3v) is 3.15. The molecule has 12 heavy (non-hydrogen) atoms. The van der Waals surface area contributed by atoms with Gasteiger partial charge in [-0.25, -0.2) is 0 Å². The quantitative estimate of drug-likeness (QED) is 0.664. The summed E-state index contributed by atoms with van der Waals surface area (Å²) in [5, 5.41) is 13.2. The highest BCUT2D eigenvalue weighted by atomic mass is 16.3. The van der Waals surface area contributed by atoms with Crippen LogP contribution in [0.25, 0.3) is 0 Å². The molecular formula is C10H19NO. The van der Waals surface area contributed by atoms with E-state index in [0.29, 0.717) is 5.92 Å². The lowest BCUT2D eigenvalue weighted by molar-refractivity contribution is 0.0791. The van der Waals surface area contributed by atoms with Gasteiger partial charge in [-0.2, -0.15) is 0 Å². The van der Waals surface area contributed by atoms with Crippen molar-refractivity contribution >= 4 is 0 Å². The van der Waals surface area contributed by atoms with Gasteiger partial charge in [-0.1, -0.05) is 12.8 Å². The number of rotatable bonds is 3. The van der Waals surface area contributed by atoms with E-state index in [2.05, 4.69) is 5.32 Å². The first-order valence-corrected chi connectivity index (χ1v) is 5.25. The first kappa shape index (κ1) is 8.52. The highest BCUT2D eigenvalue weighted by Crippen LogP contribution is 2.35. The van der Waals surface area contributed by atoms with Gasteiger partial charge in [0.2, 0.25) is 0 Å². The smallest absolute Gasteiger partial charge is 0.0583 e. The highest BCUT2D eigenvalue weighted by Gasteiger charge is 2.29. The summed E-state index contributed by atoms with van der Waals surface area (Å²) in [7, 11) is 0. The van der Waals surface area contributed by atoms with Crippen molar-refractivity contribution in [2.75, 3.05) is 13.1 Å². The van der Waals surface area contributed by atoms with E-state index in [0.717, 1.165) is 25.4 Å². The van der Waals surface area contributed by atoms with Crippen LogP contribution in [-0.4, -0.2) is 24.3 Å². The van der Waals surface area contributed by atoms with Crippen LogP contribution in [0, 0.1) is 11.8 Å². The lowest BCUT2D eigenvalue weighted by Crippen LogP contribution is -2.36.